The summed E-state index contributed by atoms with van der Waals surface area (Å²) in [6.07, 6.45) is 3.81. The minimum Gasteiger partial charge on any atom is -0.352 e. The number of hydrogen-bond acceptors (Lipinski definition) is 4. The molecule has 41 heavy (non-hydrogen) atoms. The first-order chi connectivity index (χ1) is 19.5. The molecular formula is C31H35ClFN3O4S. The van der Waals surface area contributed by atoms with Gasteiger partial charge in [-0.05, 0) is 81.1 Å². The number of carbonyl (C=O) groups excluding carboxylic acids is 2. The fraction of sp³-hybridized carbons (Fsp3) is 0.355. The van der Waals surface area contributed by atoms with Crippen molar-refractivity contribution in [3.8, 4) is 0 Å². The number of carbonyl (C=O) groups is 2. The summed E-state index contributed by atoms with van der Waals surface area (Å²) in [4.78, 5) is 28.6. The maximum Gasteiger partial charge on any atom is 0.264 e. The molecule has 0 aliphatic heterocycles. The highest BCUT2D eigenvalue weighted by atomic mass is 35.5. The molecule has 1 fully saturated rings. The van der Waals surface area contributed by atoms with Crippen LogP contribution >= 0.6 is 11.6 Å². The zero-order valence-electron chi connectivity index (χ0n) is 23.4. The molecule has 0 spiro atoms. The molecule has 1 N–H and O–H groups in total. The van der Waals surface area contributed by atoms with Gasteiger partial charge in [0.2, 0.25) is 11.8 Å². The summed E-state index contributed by atoms with van der Waals surface area (Å²) in [7, 11) is -4.20. The first-order valence-electron chi connectivity index (χ1n) is 13.7. The molecule has 0 saturated heterocycles. The van der Waals surface area contributed by atoms with E-state index in [2.05, 4.69) is 5.32 Å². The topological polar surface area (TPSA) is 86.8 Å². The quantitative estimate of drug-likeness (QED) is 0.321. The monoisotopic (exact) mass is 599 g/mol. The van der Waals surface area contributed by atoms with Gasteiger partial charge in [-0.2, -0.15) is 0 Å². The summed E-state index contributed by atoms with van der Waals surface area (Å²) in [5, 5.41) is 3.38. The zero-order valence-corrected chi connectivity index (χ0v) is 25.0. The van der Waals surface area contributed by atoms with Crippen LogP contribution in [0.5, 0.6) is 0 Å². The normalized spacial score (nSPS) is 14.5. The molecule has 1 unspecified atom stereocenters. The second-order valence-electron chi connectivity index (χ2n) is 10.6. The fourth-order valence-corrected chi connectivity index (χ4v) is 6.44. The minimum atomic E-state index is -4.20. The van der Waals surface area contributed by atoms with Crippen molar-refractivity contribution in [1.82, 2.24) is 10.2 Å². The predicted octanol–water partition coefficient (Wildman–Crippen LogP) is 5.77. The molecule has 3 aromatic carbocycles. The molecule has 0 radical (unpaired) electrons. The van der Waals surface area contributed by atoms with Crippen LogP contribution in [0.4, 0.5) is 10.1 Å². The van der Waals surface area contributed by atoms with E-state index in [1.807, 2.05) is 6.92 Å². The lowest BCUT2D eigenvalue weighted by Crippen LogP contribution is -2.52. The number of nitrogens with one attached hydrogen (secondary N) is 1. The summed E-state index contributed by atoms with van der Waals surface area (Å²) < 4.78 is 42.5. The Bertz CT molecular complexity index is 1490. The number of halogens is 2. The number of sulfonamides is 1. The molecule has 1 saturated carbocycles. The maximum atomic E-state index is 14.0. The van der Waals surface area contributed by atoms with Crippen molar-refractivity contribution in [1.29, 1.82) is 0 Å². The fourth-order valence-electron chi connectivity index (χ4n) is 4.86. The van der Waals surface area contributed by atoms with Crippen LogP contribution in [-0.2, 0) is 26.2 Å². The van der Waals surface area contributed by atoms with Crippen LogP contribution in [0.15, 0.2) is 71.6 Å². The molecular weight excluding hydrogens is 565 g/mol. The Morgan fingerprint density at radius 1 is 1.00 bits per heavy atom. The highest BCUT2D eigenvalue weighted by Gasteiger charge is 2.33. The molecule has 218 valence electrons. The van der Waals surface area contributed by atoms with Gasteiger partial charge in [-0.1, -0.05) is 60.3 Å². The van der Waals surface area contributed by atoms with Gasteiger partial charge in [-0.25, -0.2) is 12.8 Å². The van der Waals surface area contributed by atoms with Gasteiger partial charge in [-0.15, -0.1) is 0 Å². The largest absolute Gasteiger partial charge is 0.352 e. The maximum absolute atomic E-state index is 14.0. The summed E-state index contributed by atoms with van der Waals surface area (Å²) in [6, 6.07) is 15.9. The van der Waals surface area contributed by atoms with E-state index in [0.717, 1.165) is 41.1 Å². The molecule has 4 rings (SSSR count). The molecule has 1 aliphatic rings. The van der Waals surface area contributed by atoms with E-state index in [4.69, 9.17) is 11.6 Å². The molecule has 1 atom stereocenters. The van der Waals surface area contributed by atoms with Gasteiger partial charge in [0.05, 0.1) is 10.6 Å². The lowest BCUT2D eigenvalue weighted by Gasteiger charge is -2.32. The third-order valence-electron chi connectivity index (χ3n) is 7.47. The van der Waals surface area contributed by atoms with Crippen LogP contribution in [0, 0.1) is 19.7 Å². The van der Waals surface area contributed by atoms with Crippen molar-refractivity contribution in [2.75, 3.05) is 10.8 Å². The van der Waals surface area contributed by atoms with Crippen LogP contribution in [0.25, 0.3) is 0 Å². The Kier molecular flexibility index (Phi) is 9.71. The van der Waals surface area contributed by atoms with Crippen LogP contribution in [0.2, 0.25) is 5.02 Å². The smallest absolute Gasteiger partial charge is 0.264 e. The van der Waals surface area contributed by atoms with Gasteiger partial charge in [0.15, 0.2) is 0 Å². The second-order valence-corrected chi connectivity index (χ2v) is 12.8. The average Bonchev–Trinajstić information content (AvgIpc) is 3.45. The van der Waals surface area contributed by atoms with Crippen LogP contribution in [0.1, 0.15) is 49.3 Å². The summed E-state index contributed by atoms with van der Waals surface area (Å²) >= 11 is 6.37. The van der Waals surface area contributed by atoms with E-state index in [1.54, 1.807) is 38.1 Å². The lowest BCUT2D eigenvalue weighted by atomic mass is 10.1. The molecule has 3 aromatic rings. The average molecular weight is 600 g/mol. The van der Waals surface area contributed by atoms with Gasteiger partial charge in [0, 0.05) is 17.6 Å². The number of anilines is 1. The van der Waals surface area contributed by atoms with E-state index < -0.39 is 34.3 Å². The van der Waals surface area contributed by atoms with E-state index in [9.17, 15) is 22.4 Å². The minimum absolute atomic E-state index is 0.00849. The van der Waals surface area contributed by atoms with Crippen molar-refractivity contribution < 1.29 is 22.4 Å². The number of rotatable bonds is 10. The van der Waals surface area contributed by atoms with Crippen molar-refractivity contribution in [2.45, 2.75) is 70.0 Å². The molecule has 7 nitrogen and oxygen atoms in total. The Morgan fingerprint density at radius 2 is 1.63 bits per heavy atom. The molecule has 1 aliphatic carbocycles. The number of hydrogen-bond donors (Lipinski definition) is 1. The van der Waals surface area contributed by atoms with Crippen molar-refractivity contribution in [3.05, 3.63) is 94.3 Å². The Labute approximate surface area is 246 Å². The first-order valence-corrected chi connectivity index (χ1v) is 15.5. The van der Waals surface area contributed by atoms with Crippen molar-refractivity contribution in [3.63, 3.8) is 0 Å². The van der Waals surface area contributed by atoms with E-state index >= 15 is 0 Å². The lowest BCUT2D eigenvalue weighted by molar-refractivity contribution is -0.139. The molecule has 2 amide bonds. The Balaban J connectivity index is 1.70. The van der Waals surface area contributed by atoms with E-state index in [-0.39, 0.29) is 29.1 Å². The van der Waals surface area contributed by atoms with Gasteiger partial charge in [0.25, 0.3) is 10.0 Å². The molecule has 0 aromatic heterocycles. The Hall–Kier alpha value is -3.43. The van der Waals surface area contributed by atoms with Crippen LogP contribution in [-0.4, -0.2) is 43.8 Å². The highest BCUT2D eigenvalue weighted by Crippen LogP contribution is 2.29. The van der Waals surface area contributed by atoms with Crippen LogP contribution in [0.3, 0.4) is 0 Å². The van der Waals surface area contributed by atoms with E-state index in [0.29, 0.717) is 10.6 Å². The number of nitrogens with zero attached hydrogens (tertiary/aromatic N) is 2. The summed E-state index contributed by atoms with van der Waals surface area (Å²) in [5.41, 5.74) is 2.47. The van der Waals surface area contributed by atoms with Crippen molar-refractivity contribution >= 4 is 39.1 Å². The number of aryl methyl sites for hydroxylation is 2. The number of benzene rings is 3. The van der Waals surface area contributed by atoms with Crippen LogP contribution < -0.4 is 9.62 Å². The zero-order chi connectivity index (χ0) is 29.7. The third-order valence-corrected chi connectivity index (χ3v) is 9.66. The predicted molar refractivity (Wildman–Crippen MR) is 159 cm³/mol. The summed E-state index contributed by atoms with van der Waals surface area (Å²) in [6.45, 7) is 4.68. The Morgan fingerprint density at radius 3 is 2.24 bits per heavy atom. The second kappa shape index (κ2) is 13.0. The van der Waals surface area contributed by atoms with Crippen molar-refractivity contribution in [2.24, 2.45) is 0 Å². The SMILES string of the molecule is Cc1ccc(S(=O)(=O)N(CC(=O)N(Cc2ccc(F)cc2)C(C)C(=O)NC2CCCC2)c2ccc(C)c(Cl)c2)cc1. The van der Waals surface area contributed by atoms with Gasteiger partial charge < -0.3 is 10.2 Å². The number of amides is 2. The first kappa shape index (κ1) is 30.5. The molecule has 0 bridgehead atoms. The van der Waals surface area contributed by atoms with Gasteiger partial charge in [0.1, 0.15) is 18.4 Å². The van der Waals surface area contributed by atoms with Gasteiger partial charge in [-0.3, -0.25) is 13.9 Å². The van der Waals surface area contributed by atoms with Gasteiger partial charge >= 0.3 is 0 Å². The van der Waals surface area contributed by atoms with E-state index in [1.165, 1.54) is 47.4 Å². The standard InChI is InChI=1S/C31H35ClFN3O4S/c1-21-8-16-28(17-9-21)41(39,40)36(27-15-10-22(2)29(32)18-27)20-30(37)35(19-24-11-13-25(33)14-12-24)23(3)31(38)34-26-6-4-5-7-26/h8-18,23,26H,4-7,19-20H2,1-3H3,(H,34,38). The molecule has 0 heterocycles. The molecule has 10 heteroatoms. The summed E-state index contributed by atoms with van der Waals surface area (Å²) in [5.74, 6) is -1.33. The third kappa shape index (κ3) is 7.45. The highest BCUT2D eigenvalue weighted by molar-refractivity contribution is 7.92.